The summed E-state index contributed by atoms with van der Waals surface area (Å²) in [6.07, 6.45) is 1.64. The van der Waals surface area contributed by atoms with E-state index in [9.17, 15) is 4.79 Å². The molecule has 0 aliphatic rings. The Labute approximate surface area is 120 Å². The average molecular weight is 293 g/mol. The molecule has 1 aromatic heterocycles. The third kappa shape index (κ3) is 3.43. The number of rotatable bonds is 3. The molecule has 1 amide bonds. The lowest BCUT2D eigenvalue weighted by molar-refractivity contribution is 0.0955. The van der Waals surface area contributed by atoms with Crippen molar-refractivity contribution in [2.24, 2.45) is 5.10 Å². The average Bonchev–Trinajstić information content (AvgIpc) is 2.75. The van der Waals surface area contributed by atoms with Crippen LogP contribution in [0.15, 0.2) is 34.7 Å². The maximum atomic E-state index is 11.9. The Morgan fingerprint density at radius 3 is 2.79 bits per heavy atom. The fraction of sp³-hybridized carbons (Fsp3) is 0.143. The van der Waals surface area contributed by atoms with Crippen LogP contribution in [0, 0.1) is 13.8 Å². The van der Waals surface area contributed by atoms with E-state index in [4.69, 9.17) is 11.6 Å². The van der Waals surface area contributed by atoms with Gasteiger partial charge in [0.25, 0.3) is 5.91 Å². The molecule has 5 heteroatoms. The van der Waals surface area contributed by atoms with Crippen molar-refractivity contribution in [1.29, 1.82) is 0 Å². The zero-order valence-corrected chi connectivity index (χ0v) is 12.2. The Morgan fingerprint density at radius 2 is 2.16 bits per heavy atom. The van der Waals surface area contributed by atoms with Crippen molar-refractivity contribution in [3.63, 3.8) is 0 Å². The first-order valence-corrected chi connectivity index (χ1v) is 6.97. The van der Waals surface area contributed by atoms with Gasteiger partial charge in [-0.05, 0) is 48.6 Å². The van der Waals surface area contributed by atoms with Crippen LogP contribution in [-0.2, 0) is 0 Å². The molecule has 1 heterocycles. The molecule has 0 aliphatic heterocycles. The summed E-state index contributed by atoms with van der Waals surface area (Å²) in [5.41, 5.74) is 5.05. The van der Waals surface area contributed by atoms with Crippen LogP contribution >= 0.6 is 22.9 Å². The molecular weight excluding hydrogens is 280 g/mol. The van der Waals surface area contributed by atoms with Gasteiger partial charge in [-0.15, -0.1) is 11.3 Å². The van der Waals surface area contributed by atoms with Crippen molar-refractivity contribution in [2.75, 3.05) is 0 Å². The molecule has 0 bridgehead atoms. The van der Waals surface area contributed by atoms with Crippen molar-refractivity contribution in [2.45, 2.75) is 13.8 Å². The van der Waals surface area contributed by atoms with Gasteiger partial charge >= 0.3 is 0 Å². The van der Waals surface area contributed by atoms with Crippen molar-refractivity contribution in [3.05, 3.63) is 56.2 Å². The normalized spacial score (nSPS) is 10.9. The molecule has 0 atom stereocenters. The summed E-state index contributed by atoms with van der Waals surface area (Å²) < 4.78 is 0. The number of amides is 1. The Bertz CT molecular complexity index is 634. The first-order valence-electron chi connectivity index (χ1n) is 5.71. The van der Waals surface area contributed by atoms with Gasteiger partial charge in [0.05, 0.1) is 16.8 Å². The zero-order chi connectivity index (χ0) is 13.8. The molecule has 2 aromatic rings. The number of carbonyl (C=O) groups excluding carboxylic acids is 1. The van der Waals surface area contributed by atoms with E-state index >= 15 is 0 Å². The lowest BCUT2D eigenvalue weighted by Gasteiger charge is -2.03. The summed E-state index contributed by atoms with van der Waals surface area (Å²) in [5.74, 6) is -0.310. The number of nitrogens with zero attached hydrogens (tertiary/aromatic N) is 1. The van der Waals surface area contributed by atoms with Crippen molar-refractivity contribution < 1.29 is 4.79 Å². The van der Waals surface area contributed by atoms with Gasteiger partial charge in [-0.1, -0.05) is 17.7 Å². The van der Waals surface area contributed by atoms with Crippen LogP contribution in [0.1, 0.15) is 26.4 Å². The maximum Gasteiger partial charge on any atom is 0.272 e. The van der Waals surface area contributed by atoms with Crippen LogP contribution in [0.5, 0.6) is 0 Å². The maximum absolute atomic E-state index is 11.9. The number of hydrogen-bond acceptors (Lipinski definition) is 3. The second-order valence-electron chi connectivity index (χ2n) is 4.15. The summed E-state index contributed by atoms with van der Waals surface area (Å²) in [6, 6.07) is 7.29. The largest absolute Gasteiger partial charge is 0.272 e. The monoisotopic (exact) mass is 292 g/mol. The van der Waals surface area contributed by atoms with Crippen LogP contribution in [0.3, 0.4) is 0 Å². The van der Waals surface area contributed by atoms with Gasteiger partial charge in [-0.2, -0.15) is 5.10 Å². The Morgan fingerprint density at radius 1 is 1.37 bits per heavy atom. The third-order valence-corrected chi connectivity index (χ3v) is 3.89. The number of benzene rings is 1. The molecule has 0 saturated heterocycles. The van der Waals surface area contributed by atoms with E-state index < -0.39 is 0 Å². The van der Waals surface area contributed by atoms with E-state index in [1.165, 1.54) is 0 Å². The van der Waals surface area contributed by atoms with Crippen LogP contribution in [0.2, 0.25) is 5.02 Å². The standard InChI is InChI=1S/C14H13ClN2OS/c1-9-3-4-11(12(15)7-9)14(18)17-16-8-13-10(2)5-6-19-13/h3-8H,1-2H3,(H,17,18)/b16-8-. The van der Waals surface area contributed by atoms with Gasteiger partial charge in [0.2, 0.25) is 0 Å². The third-order valence-electron chi connectivity index (χ3n) is 2.62. The summed E-state index contributed by atoms with van der Waals surface area (Å²) in [4.78, 5) is 12.9. The van der Waals surface area contributed by atoms with Crippen LogP contribution in [0.4, 0.5) is 0 Å². The molecule has 0 fully saturated rings. The van der Waals surface area contributed by atoms with Crippen molar-refractivity contribution >= 4 is 35.1 Å². The lowest BCUT2D eigenvalue weighted by atomic mass is 10.1. The van der Waals surface area contributed by atoms with E-state index in [1.807, 2.05) is 31.4 Å². The Balaban J connectivity index is 2.06. The summed E-state index contributed by atoms with van der Waals surface area (Å²) in [7, 11) is 0. The molecule has 0 saturated carbocycles. The number of thiophene rings is 1. The highest BCUT2D eigenvalue weighted by atomic mass is 35.5. The highest BCUT2D eigenvalue weighted by molar-refractivity contribution is 7.11. The molecule has 3 nitrogen and oxygen atoms in total. The molecule has 2 rings (SSSR count). The number of nitrogens with one attached hydrogen (secondary N) is 1. The molecule has 0 radical (unpaired) electrons. The van der Waals surface area contributed by atoms with Crippen molar-refractivity contribution in [1.82, 2.24) is 5.43 Å². The quantitative estimate of drug-likeness (QED) is 0.679. The van der Waals surface area contributed by atoms with Crippen LogP contribution < -0.4 is 5.43 Å². The fourth-order valence-corrected chi connectivity index (χ4v) is 2.64. The van der Waals surface area contributed by atoms with E-state index in [0.29, 0.717) is 10.6 Å². The Hall–Kier alpha value is -1.65. The number of hydrogen-bond donors (Lipinski definition) is 1. The van der Waals surface area contributed by atoms with E-state index in [2.05, 4.69) is 10.5 Å². The van der Waals surface area contributed by atoms with Gasteiger partial charge in [-0.25, -0.2) is 5.43 Å². The molecule has 0 aliphatic carbocycles. The minimum Gasteiger partial charge on any atom is -0.267 e. The minimum atomic E-state index is -0.310. The first kappa shape index (κ1) is 13.8. The van der Waals surface area contributed by atoms with Gasteiger partial charge in [0.1, 0.15) is 0 Å². The van der Waals surface area contributed by atoms with E-state index in [0.717, 1.165) is 16.0 Å². The Kier molecular flexibility index (Phi) is 4.35. The second kappa shape index (κ2) is 5.99. The van der Waals surface area contributed by atoms with Crippen molar-refractivity contribution in [3.8, 4) is 0 Å². The second-order valence-corrected chi connectivity index (χ2v) is 5.51. The predicted octanol–water partition coefficient (Wildman–Crippen LogP) is 3.78. The summed E-state index contributed by atoms with van der Waals surface area (Å²) in [5, 5.41) is 6.35. The van der Waals surface area contributed by atoms with Crippen LogP contribution in [-0.4, -0.2) is 12.1 Å². The molecular formula is C14H13ClN2OS. The number of carbonyl (C=O) groups is 1. The van der Waals surface area contributed by atoms with Gasteiger partial charge in [0, 0.05) is 4.88 Å². The smallest absolute Gasteiger partial charge is 0.267 e. The molecule has 1 N–H and O–H groups in total. The molecule has 19 heavy (non-hydrogen) atoms. The summed E-state index contributed by atoms with van der Waals surface area (Å²) in [6.45, 7) is 3.92. The molecule has 0 unspecified atom stereocenters. The zero-order valence-electron chi connectivity index (χ0n) is 10.6. The molecule has 0 spiro atoms. The summed E-state index contributed by atoms with van der Waals surface area (Å²) >= 11 is 7.59. The SMILES string of the molecule is Cc1ccc(C(=O)N/N=C\c2sccc2C)c(Cl)c1. The van der Waals surface area contributed by atoms with Gasteiger partial charge in [-0.3, -0.25) is 4.79 Å². The number of halogens is 1. The lowest BCUT2D eigenvalue weighted by Crippen LogP contribution is -2.18. The first-order chi connectivity index (χ1) is 9.08. The molecule has 1 aromatic carbocycles. The van der Waals surface area contributed by atoms with E-state index in [-0.39, 0.29) is 5.91 Å². The van der Waals surface area contributed by atoms with E-state index in [1.54, 1.807) is 29.7 Å². The highest BCUT2D eigenvalue weighted by Gasteiger charge is 2.09. The van der Waals surface area contributed by atoms with Gasteiger partial charge in [0.15, 0.2) is 0 Å². The highest BCUT2D eigenvalue weighted by Crippen LogP contribution is 2.17. The fourth-order valence-electron chi connectivity index (χ4n) is 1.53. The van der Waals surface area contributed by atoms with Gasteiger partial charge < -0.3 is 0 Å². The number of hydrazone groups is 1. The van der Waals surface area contributed by atoms with Crippen LogP contribution in [0.25, 0.3) is 0 Å². The topological polar surface area (TPSA) is 41.5 Å². The molecule has 98 valence electrons. The predicted molar refractivity (Wildman–Crippen MR) is 80.3 cm³/mol. The number of aryl methyl sites for hydroxylation is 2. The minimum absolute atomic E-state index is 0.310.